The van der Waals surface area contributed by atoms with E-state index in [1.807, 2.05) is 45.9 Å². The minimum Gasteiger partial charge on any atom is -0.444 e. The fourth-order valence-corrected chi connectivity index (χ4v) is 1.86. The summed E-state index contributed by atoms with van der Waals surface area (Å²) in [5, 5.41) is 3.63. The van der Waals surface area contributed by atoms with Gasteiger partial charge in [0.1, 0.15) is 5.60 Å². The number of rotatable bonds is 3. The van der Waals surface area contributed by atoms with E-state index in [4.69, 9.17) is 4.74 Å². The molecular formula is C14H20BrNO2. The van der Waals surface area contributed by atoms with E-state index in [1.54, 1.807) is 0 Å². The lowest BCUT2D eigenvalue weighted by molar-refractivity contribution is 0.0508. The highest BCUT2D eigenvalue weighted by Crippen LogP contribution is 2.17. The molecule has 0 aliphatic carbocycles. The van der Waals surface area contributed by atoms with Crippen molar-refractivity contribution in [1.82, 2.24) is 5.32 Å². The Bertz CT molecular complexity index is 413. The summed E-state index contributed by atoms with van der Waals surface area (Å²) in [7, 11) is 0. The maximum Gasteiger partial charge on any atom is 0.408 e. The van der Waals surface area contributed by atoms with Crippen LogP contribution in [0.2, 0.25) is 0 Å². The van der Waals surface area contributed by atoms with Gasteiger partial charge in [0.2, 0.25) is 0 Å². The molecule has 3 nitrogen and oxygen atoms in total. The lowest BCUT2D eigenvalue weighted by Crippen LogP contribution is -2.34. The number of benzene rings is 1. The van der Waals surface area contributed by atoms with Gasteiger partial charge in [0.05, 0.1) is 6.04 Å². The molecule has 100 valence electrons. The van der Waals surface area contributed by atoms with Gasteiger partial charge in [-0.15, -0.1) is 0 Å². The molecule has 0 saturated heterocycles. The Balaban J connectivity index is 2.64. The van der Waals surface area contributed by atoms with Gasteiger partial charge >= 0.3 is 6.09 Å². The van der Waals surface area contributed by atoms with Crippen molar-refractivity contribution in [2.75, 3.05) is 0 Å². The van der Waals surface area contributed by atoms with Gasteiger partial charge < -0.3 is 10.1 Å². The molecule has 18 heavy (non-hydrogen) atoms. The van der Waals surface area contributed by atoms with E-state index in [0.717, 1.165) is 10.9 Å². The molecule has 0 saturated carbocycles. The summed E-state index contributed by atoms with van der Waals surface area (Å²) in [6, 6.07) is 8.02. The van der Waals surface area contributed by atoms with Gasteiger partial charge in [-0.25, -0.2) is 4.79 Å². The monoisotopic (exact) mass is 313 g/mol. The molecule has 1 rings (SSSR count). The second-order valence-corrected chi connectivity index (χ2v) is 5.81. The van der Waals surface area contributed by atoms with Crippen LogP contribution in [0.5, 0.6) is 0 Å². The molecule has 0 aliphatic rings. The van der Waals surface area contributed by atoms with E-state index in [0.29, 0.717) is 0 Å². The third kappa shape index (κ3) is 5.08. The van der Waals surface area contributed by atoms with Crippen LogP contribution in [-0.4, -0.2) is 11.7 Å². The molecule has 4 heteroatoms. The lowest BCUT2D eigenvalue weighted by atomic mass is 10.1. The lowest BCUT2D eigenvalue weighted by Gasteiger charge is -2.22. The van der Waals surface area contributed by atoms with E-state index in [1.165, 1.54) is 5.56 Å². The zero-order valence-electron chi connectivity index (χ0n) is 11.3. The second kappa shape index (κ2) is 6.23. The number of halogens is 1. The van der Waals surface area contributed by atoms with Crippen molar-refractivity contribution in [1.29, 1.82) is 0 Å². The number of ether oxygens (including phenoxy) is 1. The van der Waals surface area contributed by atoms with Gasteiger partial charge in [-0.2, -0.15) is 0 Å². The van der Waals surface area contributed by atoms with Gasteiger partial charge in [-0.3, -0.25) is 0 Å². The first kappa shape index (κ1) is 15.0. The molecule has 0 aliphatic heterocycles. The quantitative estimate of drug-likeness (QED) is 0.851. The fourth-order valence-electron chi connectivity index (χ4n) is 1.51. The van der Waals surface area contributed by atoms with E-state index in [-0.39, 0.29) is 12.1 Å². The molecule has 1 N–H and O–H groups in total. The molecule has 1 aromatic rings. The van der Waals surface area contributed by atoms with Gasteiger partial charge in [0, 0.05) is 5.33 Å². The summed E-state index contributed by atoms with van der Waals surface area (Å²) in [5.41, 5.74) is 1.78. The molecular weight excluding hydrogens is 294 g/mol. The Morgan fingerprint density at radius 1 is 1.44 bits per heavy atom. The maximum absolute atomic E-state index is 11.7. The molecule has 1 amide bonds. The van der Waals surface area contributed by atoms with Crippen molar-refractivity contribution in [3.05, 3.63) is 35.4 Å². The van der Waals surface area contributed by atoms with Crippen LogP contribution >= 0.6 is 15.9 Å². The number of alkyl halides is 1. The highest BCUT2D eigenvalue weighted by molar-refractivity contribution is 9.08. The topological polar surface area (TPSA) is 38.3 Å². The largest absolute Gasteiger partial charge is 0.444 e. The first-order valence-corrected chi connectivity index (χ1v) is 7.08. The van der Waals surface area contributed by atoms with Gasteiger partial charge in [-0.05, 0) is 38.8 Å². The fraction of sp³-hybridized carbons (Fsp3) is 0.500. The Hall–Kier alpha value is -1.03. The van der Waals surface area contributed by atoms with E-state index >= 15 is 0 Å². The van der Waals surface area contributed by atoms with Crippen molar-refractivity contribution < 1.29 is 9.53 Å². The third-order valence-corrected chi connectivity index (χ3v) is 2.99. The summed E-state index contributed by atoms with van der Waals surface area (Å²) >= 11 is 3.42. The number of hydrogen-bond acceptors (Lipinski definition) is 2. The van der Waals surface area contributed by atoms with Crippen LogP contribution in [0.3, 0.4) is 0 Å². The first-order valence-electron chi connectivity index (χ1n) is 5.96. The number of alkyl carbamates (subject to hydrolysis) is 1. The second-order valence-electron chi connectivity index (χ2n) is 5.25. The highest BCUT2D eigenvalue weighted by atomic mass is 79.9. The summed E-state index contributed by atoms with van der Waals surface area (Å²) in [6.07, 6.45) is -0.390. The van der Waals surface area contributed by atoms with Gasteiger partial charge in [0.25, 0.3) is 0 Å². The number of nitrogens with one attached hydrogen (secondary N) is 1. The molecule has 1 atom stereocenters. The summed E-state index contributed by atoms with van der Waals surface area (Å²) in [4.78, 5) is 11.7. The van der Waals surface area contributed by atoms with E-state index in [2.05, 4.69) is 27.3 Å². The number of amides is 1. The SMILES string of the molecule is CC(NC(=O)OC(C)(C)C)c1cccc(CBr)c1. The Morgan fingerprint density at radius 3 is 2.67 bits per heavy atom. The van der Waals surface area contributed by atoms with Crippen LogP contribution in [0, 0.1) is 0 Å². The predicted molar refractivity (Wildman–Crippen MR) is 76.9 cm³/mol. The summed E-state index contributed by atoms with van der Waals surface area (Å²) in [5.74, 6) is 0. The molecule has 1 unspecified atom stereocenters. The highest BCUT2D eigenvalue weighted by Gasteiger charge is 2.18. The normalized spacial score (nSPS) is 12.9. The zero-order valence-corrected chi connectivity index (χ0v) is 12.9. The van der Waals surface area contributed by atoms with Crippen molar-refractivity contribution in [3.8, 4) is 0 Å². The number of hydrogen-bond donors (Lipinski definition) is 1. The van der Waals surface area contributed by atoms with Crippen molar-refractivity contribution in [3.63, 3.8) is 0 Å². The van der Waals surface area contributed by atoms with Crippen LogP contribution in [0.1, 0.15) is 44.9 Å². The molecule has 0 radical (unpaired) electrons. The smallest absolute Gasteiger partial charge is 0.408 e. The van der Waals surface area contributed by atoms with E-state index < -0.39 is 5.60 Å². The Kier molecular flexibility index (Phi) is 5.20. The van der Waals surface area contributed by atoms with Crippen molar-refractivity contribution in [2.45, 2.75) is 44.7 Å². The van der Waals surface area contributed by atoms with E-state index in [9.17, 15) is 4.79 Å². The molecule has 0 spiro atoms. The van der Waals surface area contributed by atoms with Crippen LogP contribution in [-0.2, 0) is 10.1 Å². The summed E-state index contributed by atoms with van der Waals surface area (Å²) in [6.45, 7) is 7.49. The molecule has 0 fully saturated rings. The standard InChI is InChI=1S/C14H20BrNO2/c1-10(16-13(17)18-14(2,3)4)12-7-5-6-11(8-12)9-15/h5-8,10H,9H2,1-4H3,(H,16,17). The van der Waals surface area contributed by atoms with Crippen LogP contribution in [0.4, 0.5) is 4.79 Å². The average molecular weight is 314 g/mol. The van der Waals surface area contributed by atoms with Crippen LogP contribution in [0.15, 0.2) is 24.3 Å². The Morgan fingerprint density at radius 2 is 2.11 bits per heavy atom. The van der Waals surface area contributed by atoms with Crippen LogP contribution in [0.25, 0.3) is 0 Å². The first-order chi connectivity index (χ1) is 8.31. The van der Waals surface area contributed by atoms with Gasteiger partial charge in [0.15, 0.2) is 0 Å². The molecule has 0 heterocycles. The zero-order chi connectivity index (χ0) is 13.8. The minimum atomic E-state index is -0.471. The average Bonchev–Trinajstić information content (AvgIpc) is 2.26. The third-order valence-electron chi connectivity index (χ3n) is 2.34. The summed E-state index contributed by atoms with van der Waals surface area (Å²) < 4.78 is 5.23. The minimum absolute atomic E-state index is 0.0705. The number of carbonyl (C=O) groups excluding carboxylic acids is 1. The molecule has 0 bridgehead atoms. The molecule has 0 aromatic heterocycles. The van der Waals surface area contributed by atoms with Crippen molar-refractivity contribution in [2.24, 2.45) is 0 Å². The Labute approximate surface area is 117 Å². The van der Waals surface area contributed by atoms with Crippen LogP contribution < -0.4 is 5.32 Å². The maximum atomic E-state index is 11.7. The van der Waals surface area contributed by atoms with Crippen molar-refractivity contribution >= 4 is 22.0 Å². The molecule has 1 aromatic carbocycles. The number of carbonyl (C=O) groups is 1. The van der Waals surface area contributed by atoms with Gasteiger partial charge in [-0.1, -0.05) is 40.2 Å². The predicted octanol–water partition coefficient (Wildman–Crippen LogP) is 4.17.